The lowest BCUT2D eigenvalue weighted by atomic mass is 10.3. The highest BCUT2D eigenvalue weighted by molar-refractivity contribution is 7.07. The number of nitrogens with zero attached hydrogens (tertiary/aromatic N) is 4. The second-order valence-electron chi connectivity index (χ2n) is 5.83. The molecule has 1 aliphatic heterocycles. The lowest BCUT2D eigenvalue weighted by Crippen LogP contribution is -2.44. The van der Waals surface area contributed by atoms with Gasteiger partial charge in [0.1, 0.15) is 6.54 Å². The van der Waals surface area contributed by atoms with Crippen molar-refractivity contribution in [2.75, 3.05) is 38.1 Å². The van der Waals surface area contributed by atoms with Crippen LogP contribution in [0.25, 0.3) is 0 Å². The summed E-state index contributed by atoms with van der Waals surface area (Å²) >= 11 is 1.60. The third kappa shape index (κ3) is 4.01. The second kappa shape index (κ2) is 7.59. The molecule has 0 aromatic carbocycles. The van der Waals surface area contributed by atoms with Crippen molar-refractivity contribution in [1.82, 2.24) is 20.0 Å². The summed E-state index contributed by atoms with van der Waals surface area (Å²) in [5.41, 5.74) is 1.66. The summed E-state index contributed by atoms with van der Waals surface area (Å²) in [5, 5.41) is 11.4. The Hall–Kier alpha value is -2.19. The number of aromatic nitrogens is 2. The highest BCUT2D eigenvalue weighted by atomic mass is 32.1. The summed E-state index contributed by atoms with van der Waals surface area (Å²) in [4.78, 5) is 28.3. The Morgan fingerprint density at radius 1 is 1.42 bits per heavy atom. The molecule has 1 N–H and O–H groups in total. The standard InChI is InChI=1S/C16H21N5O2S/c1-19(10-13-2-7-24-12-13)16(23)11-21-15(22)8-14(9-18-21)20-5-3-17-4-6-20/h2,7-9,12,17H,3-6,10-11H2,1H3. The molecule has 1 amide bonds. The summed E-state index contributed by atoms with van der Waals surface area (Å²) in [6, 6.07) is 3.55. The molecular weight excluding hydrogens is 326 g/mol. The molecule has 8 heteroatoms. The molecule has 0 spiro atoms. The maximum Gasteiger partial charge on any atom is 0.269 e. The van der Waals surface area contributed by atoms with Gasteiger partial charge in [0.25, 0.3) is 5.56 Å². The van der Waals surface area contributed by atoms with Crippen molar-refractivity contribution in [3.63, 3.8) is 0 Å². The van der Waals surface area contributed by atoms with Gasteiger partial charge in [0.2, 0.25) is 5.91 Å². The molecule has 1 aliphatic rings. The van der Waals surface area contributed by atoms with E-state index in [4.69, 9.17) is 0 Å². The number of hydrogen-bond donors (Lipinski definition) is 1. The molecule has 0 aliphatic carbocycles. The number of rotatable bonds is 5. The molecule has 2 aromatic heterocycles. The third-order valence-electron chi connectivity index (χ3n) is 4.05. The van der Waals surface area contributed by atoms with E-state index < -0.39 is 0 Å². The molecule has 0 saturated carbocycles. The molecule has 0 bridgehead atoms. The Morgan fingerprint density at radius 2 is 2.21 bits per heavy atom. The Balaban J connectivity index is 1.64. The summed E-state index contributed by atoms with van der Waals surface area (Å²) in [5.74, 6) is -0.134. The van der Waals surface area contributed by atoms with Crippen LogP contribution in [0.5, 0.6) is 0 Å². The number of thiophene rings is 1. The fourth-order valence-electron chi connectivity index (χ4n) is 2.63. The van der Waals surface area contributed by atoms with E-state index in [1.807, 2.05) is 16.8 Å². The van der Waals surface area contributed by atoms with E-state index in [-0.39, 0.29) is 18.0 Å². The van der Waals surface area contributed by atoms with Crippen molar-refractivity contribution in [2.24, 2.45) is 0 Å². The van der Waals surface area contributed by atoms with E-state index in [2.05, 4.69) is 15.3 Å². The zero-order valence-electron chi connectivity index (χ0n) is 13.6. The summed E-state index contributed by atoms with van der Waals surface area (Å²) in [6.07, 6.45) is 1.67. The zero-order valence-corrected chi connectivity index (χ0v) is 14.5. The van der Waals surface area contributed by atoms with Gasteiger partial charge in [0.05, 0.1) is 11.9 Å². The first-order valence-corrected chi connectivity index (χ1v) is 8.85. The molecule has 1 saturated heterocycles. The van der Waals surface area contributed by atoms with Crippen LogP contribution in [0.4, 0.5) is 5.69 Å². The first-order chi connectivity index (χ1) is 11.6. The molecule has 0 radical (unpaired) electrons. The van der Waals surface area contributed by atoms with Crippen LogP contribution < -0.4 is 15.8 Å². The first-order valence-electron chi connectivity index (χ1n) is 7.91. The van der Waals surface area contributed by atoms with Gasteiger partial charge in [-0.15, -0.1) is 0 Å². The largest absolute Gasteiger partial charge is 0.368 e. The van der Waals surface area contributed by atoms with Gasteiger partial charge in [-0.05, 0) is 22.4 Å². The van der Waals surface area contributed by atoms with Crippen molar-refractivity contribution in [2.45, 2.75) is 13.1 Å². The summed E-state index contributed by atoms with van der Waals surface area (Å²) in [6.45, 7) is 4.00. The van der Waals surface area contributed by atoms with E-state index in [0.29, 0.717) is 6.54 Å². The number of amides is 1. The summed E-state index contributed by atoms with van der Waals surface area (Å²) in [7, 11) is 1.74. The molecule has 128 valence electrons. The quantitative estimate of drug-likeness (QED) is 0.846. The predicted molar refractivity (Wildman–Crippen MR) is 94.4 cm³/mol. The van der Waals surface area contributed by atoms with Crippen LogP contribution in [0.2, 0.25) is 0 Å². The van der Waals surface area contributed by atoms with E-state index in [1.165, 1.54) is 4.68 Å². The molecule has 1 fully saturated rings. The summed E-state index contributed by atoms with van der Waals surface area (Å²) < 4.78 is 1.22. The van der Waals surface area contributed by atoms with Gasteiger partial charge in [-0.25, -0.2) is 4.68 Å². The fourth-order valence-corrected chi connectivity index (χ4v) is 3.29. The average molecular weight is 347 g/mol. The molecular formula is C16H21N5O2S. The van der Waals surface area contributed by atoms with E-state index >= 15 is 0 Å². The number of carbonyl (C=O) groups excluding carboxylic acids is 1. The van der Waals surface area contributed by atoms with Crippen molar-refractivity contribution < 1.29 is 4.79 Å². The second-order valence-corrected chi connectivity index (χ2v) is 6.61. The predicted octanol–water partition coefficient (Wildman–Crippen LogP) is 0.373. The minimum absolute atomic E-state index is 0.0404. The van der Waals surface area contributed by atoms with Crippen LogP contribution in [0, 0.1) is 0 Å². The molecule has 3 heterocycles. The molecule has 7 nitrogen and oxygen atoms in total. The van der Waals surface area contributed by atoms with Crippen LogP contribution in [0.15, 0.2) is 33.9 Å². The number of piperazine rings is 1. The number of likely N-dealkylation sites (N-methyl/N-ethyl adjacent to an activating group) is 1. The number of carbonyl (C=O) groups is 1. The van der Waals surface area contributed by atoms with Gasteiger partial charge < -0.3 is 15.1 Å². The topological polar surface area (TPSA) is 70.5 Å². The van der Waals surface area contributed by atoms with Crippen molar-refractivity contribution in [1.29, 1.82) is 0 Å². The van der Waals surface area contributed by atoms with E-state index in [0.717, 1.165) is 37.4 Å². The Bertz CT molecular complexity index is 737. The Morgan fingerprint density at radius 3 is 2.88 bits per heavy atom. The highest BCUT2D eigenvalue weighted by Crippen LogP contribution is 2.11. The minimum Gasteiger partial charge on any atom is -0.368 e. The lowest BCUT2D eigenvalue weighted by molar-refractivity contribution is -0.131. The van der Waals surface area contributed by atoms with Crippen LogP contribution in [0.3, 0.4) is 0 Å². The van der Waals surface area contributed by atoms with Crippen LogP contribution >= 0.6 is 11.3 Å². The normalized spacial score (nSPS) is 14.6. The van der Waals surface area contributed by atoms with Crippen molar-refractivity contribution >= 4 is 22.9 Å². The third-order valence-corrected chi connectivity index (χ3v) is 4.78. The van der Waals surface area contributed by atoms with Gasteiger partial charge in [-0.1, -0.05) is 0 Å². The number of anilines is 1. The highest BCUT2D eigenvalue weighted by Gasteiger charge is 2.15. The maximum absolute atomic E-state index is 12.3. The van der Waals surface area contributed by atoms with E-state index in [1.54, 1.807) is 35.5 Å². The van der Waals surface area contributed by atoms with Gasteiger partial charge in [-0.2, -0.15) is 16.4 Å². The monoisotopic (exact) mass is 347 g/mol. The van der Waals surface area contributed by atoms with Gasteiger partial charge >= 0.3 is 0 Å². The van der Waals surface area contributed by atoms with Crippen molar-refractivity contribution in [3.05, 3.63) is 45.0 Å². The Labute approximate surface area is 144 Å². The molecule has 2 aromatic rings. The van der Waals surface area contributed by atoms with Gasteiger partial charge in [-0.3, -0.25) is 9.59 Å². The molecule has 0 unspecified atom stereocenters. The minimum atomic E-state index is -0.247. The van der Waals surface area contributed by atoms with Crippen molar-refractivity contribution in [3.8, 4) is 0 Å². The number of nitrogens with one attached hydrogen (secondary N) is 1. The van der Waals surface area contributed by atoms with E-state index in [9.17, 15) is 9.59 Å². The molecule has 24 heavy (non-hydrogen) atoms. The maximum atomic E-state index is 12.3. The van der Waals surface area contributed by atoms with Crippen LogP contribution in [-0.2, 0) is 17.9 Å². The van der Waals surface area contributed by atoms with Crippen LogP contribution in [-0.4, -0.2) is 53.8 Å². The molecule has 3 rings (SSSR count). The number of hydrogen-bond acceptors (Lipinski definition) is 6. The lowest BCUT2D eigenvalue weighted by Gasteiger charge is -2.29. The smallest absolute Gasteiger partial charge is 0.269 e. The zero-order chi connectivity index (χ0) is 16.9. The average Bonchev–Trinajstić information content (AvgIpc) is 3.10. The van der Waals surface area contributed by atoms with Gasteiger partial charge in [0, 0.05) is 45.8 Å². The van der Waals surface area contributed by atoms with Gasteiger partial charge in [0.15, 0.2) is 0 Å². The SMILES string of the molecule is CN(Cc1ccsc1)C(=O)Cn1ncc(N2CCNCC2)cc1=O. The Kier molecular flexibility index (Phi) is 5.27. The first kappa shape index (κ1) is 16.7. The fraction of sp³-hybridized carbons (Fsp3) is 0.438. The molecule has 0 atom stereocenters. The van der Waals surface area contributed by atoms with Crippen LogP contribution in [0.1, 0.15) is 5.56 Å².